The van der Waals surface area contributed by atoms with Gasteiger partial charge in [0.15, 0.2) is 0 Å². The number of nitrogens with one attached hydrogen (secondary N) is 1. The van der Waals surface area contributed by atoms with E-state index in [9.17, 15) is 20.0 Å². The summed E-state index contributed by atoms with van der Waals surface area (Å²) in [5.41, 5.74) is -1.09. The van der Waals surface area contributed by atoms with Crippen molar-refractivity contribution in [2.24, 2.45) is 5.41 Å². The Labute approximate surface area is 110 Å². The maximum Gasteiger partial charge on any atom is 0.311 e. The molecule has 0 bridgehead atoms. The number of carboxylic acid groups (broad SMARTS) is 1. The molecule has 0 unspecified atom stereocenters. The third-order valence-corrected chi connectivity index (χ3v) is 3.24. The lowest BCUT2D eigenvalue weighted by atomic mass is 9.82. The average molecular weight is 268 g/mol. The molecule has 0 radical (unpaired) electrons. The van der Waals surface area contributed by atoms with Gasteiger partial charge in [0.2, 0.25) is 5.95 Å². The third kappa shape index (κ3) is 3.36. The van der Waals surface area contributed by atoms with Crippen molar-refractivity contribution in [3.63, 3.8) is 0 Å². The third-order valence-electron chi connectivity index (χ3n) is 3.24. The summed E-state index contributed by atoms with van der Waals surface area (Å²) in [5.74, 6) is -0.704. The fraction of sp³-hybridized carbons (Fsp3) is 0.545. The largest absolute Gasteiger partial charge is 0.481 e. The normalized spacial score (nSPS) is 11.1. The molecule has 0 aromatic carbocycles. The Morgan fingerprint density at radius 1 is 1.42 bits per heavy atom. The number of aliphatic carboxylic acids is 1. The van der Waals surface area contributed by atoms with Crippen molar-refractivity contribution in [2.75, 3.05) is 11.9 Å². The first-order chi connectivity index (χ1) is 8.95. The molecule has 8 heteroatoms. The average Bonchev–Trinajstić information content (AvgIpc) is 2.40. The molecule has 0 aliphatic rings. The van der Waals surface area contributed by atoms with Gasteiger partial charge in [-0.25, -0.2) is 9.97 Å². The number of hydrogen-bond acceptors (Lipinski definition) is 6. The SMILES string of the molecule is CCC(CC)(CNc1ncc([N+](=O)[O-])cn1)C(=O)O. The molecule has 0 saturated carbocycles. The van der Waals surface area contributed by atoms with Gasteiger partial charge in [0, 0.05) is 6.54 Å². The monoisotopic (exact) mass is 268 g/mol. The van der Waals surface area contributed by atoms with Gasteiger partial charge in [-0.3, -0.25) is 14.9 Å². The molecule has 19 heavy (non-hydrogen) atoms. The van der Waals surface area contributed by atoms with Crippen LogP contribution in [-0.2, 0) is 4.79 Å². The first kappa shape index (κ1) is 14.8. The maximum absolute atomic E-state index is 11.3. The molecule has 0 amide bonds. The van der Waals surface area contributed by atoms with Crippen molar-refractivity contribution in [1.82, 2.24) is 9.97 Å². The lowest BCUT2D eigenvalue weighted by Gasteiger charge is -2.26. The van der Waals surface area contributed by atoms with Crippen LogP contribution in [0.2, 0.25) is 0 Å². The number of rotatable bonds is 7. The van der Waals surface area contributed by atoms with Crippen LogP contribution in [-0.4, -0.2) is 32.5 Å². The second-order valence-electron chi connectivity index (χ2n) is 4.17. The van der Waals surface area contributed by atoms with Crippen LogP contribution in [0.4, 0.5) is 11.6 Å². The van der Waals surface area contributed by atoms with Crippen LogP contribution in [0.1, 0.15) is 26.7 Å². The topological polar surface area (TPSA) is 118 Å². The minimum absolute atomic E-state index is 0.174. The standard InChI is InChI=1S/C11H16N4O4/c1-3-11(4-2,9(16)17)7-14-10-12-5-8(6-13-10)15(18)19/h5-6H,3-4,7H2,1-2H3,(H,16,17)(H,12,13,14). The summed E-state index contributed by atoms with van der Waals surface area (Å²) in [6.45, 7) is 3.78. The molecule has 0 spiro atoms. The Hall–Kier alpha value is -2.25. The van der Waals surface area contributed by atoms with Gasteiger partial charge in [-0.2, -0.15) is 0 Å². The molecule has 1 aromatic heterocycles. The number of anilines is 1. The number of hydrogen-bond donors (Lipinski definition) is 2. The Balaban J connectivity index is 2.75. The number of nitro groups is 1. The first-order valence-electron chi connectivity index (χ1n) is 5.89. The van der Waals surface area contributed by atoms with Gasteiger partial charge in [-0.1, -0.05) is 13.8 Å². The molecule has 8 nitrogen and oxygen atoms in total. The van der Waals surface area contributed by atoms with Gasteiger partial charge in [0.25, 0.3) is 0 Å². The molecule has 0 saturated heterocycles. The minimum Gasteiger partial charge on any atom is -0.481 e. The van der Waals surface area contributed by atoms with Crippen LogP contribution in [0, 0.1) is 15.5 Å². The summed E-state index contributed by atoms with van der Waals surface area (Å²) in [7, 11) is 0. The number of carbonyl (C=O) groups is 1. The minimum atomic E-state index is -0.884. The highest BCUT2D eigenvalue weighted by Crippen LogP contribution is 2.26. The van der Waals surface area contributed by atoms with Crippen LogP contribution in [0.5, 0.6) is 0 Å². The summed E-state index contributed by atoms with van der Waals surface area (Å²) in [5, 5.41) is 22.5. The van der Waals surface area contributed by atoms with Crippen molar-refractivity contribution in [3.05, 3.63) is 22.5 Å². The van der Waals surface area contributed by atoms with Crippen LogP contribution in [0.15, 0.2) is 12.4 Å². The van der Waals surface area contributed by atoms with E-state index < -0.39 is 16.3 Å². The Morgan fingerprint density at radius 2 is 1.95 bits per heavy atom. The molecular weight excluding hydrogens is 252 g/mol. The predicted octanol–water partition coefficient (Wildman–Crippen LogP) is 1.69. The zero-order valence-electron chi connectivity index (χ0n) is 10.8. The molecule has 0 aliphatic heterocycles. The second kappa shape index (κ2) is 6.07. The smallest absolute Gasteiger partial charge is 0.311 e. The molecule has 1 rings (SSSR count). The summed E-state index contributed by atoms with van der Waals surface area (Å²) in [6.07, 6.45) is 3.10. The lowest BCUT2D eigenvalue weighted by molar-refractivity contribution is -0.385. The fourth-order valence-electron chi connectivity index (χ4n) is 1.63. The lowest BCUT2D eigenvalue weighted by Crippen LogP contribution is -2.37. The summed E-state index contributed by atoms with van der Waals surface area (Å²) in [6, 6.07) is 0. The van der Waals surface area contributed by atoms with Crippen molar-refractivity contribution in [3.8, 4) is 0 Å². The highest BCUT2D eigenvalue weighted by atomic mass is 16.6. The molecule has 104 valence electrons. The number of nitrogens with zero attached hydrogens (tertiary/aromatic N) is 3. The molecule has 2 N–H and O–H groups in total. The van der Waals surface area contributed by atoms with Crippen molar-refractivity contribution in [1.29, 1.82) is 0 Å². The number of carboxylic acids is 1. The van der Waals surface area contributed by atoms with E-state index in [1.165, 1.54) is 0 Å². The molecule has 1 aromatic rings. The van der Waals surface area contributed by atoms with E-state index in [1.807, 2.05) is 0 Å². The molecule has 0 atom stereocenters. The van der Waals surface area contributed by atoms with E-state index in [0.29, 0.717) is 12.8 Å². The Morgan fingerprint density at radius 3 is 2.32 bits per heavy atom. The Bertz CT molecular complexity index is 456. The highest BCUT2D eigenvalue weighted by molar-refractivity contribution is 5.75. The van der Waals surface area contributed by atoms with Crippen molar-refractivity contribution < 1.29 is 14.8 Å². The second-order valence-corrected chi connectivity index (χ2v) is 4.17. The van der Waals surface area contributed by atoms with Crippen LogP contribution in [0.25, 0.3) is 0 Å². The summed E-state index contributed by atoms with van der Waals surface area (Å²) >= 11 is 0. The zero-order valence-corrected chi connectivity index (χ0v) is 10.8. The Kier molecular flexibility index (Phi) is 4.74. The van der Waals surface area contributed by atoms with Crippen LogP contribution in [0.3, 0.4) is 0 Å². The fourth-order valence-corrected chi connectivity index (χ4v) is 1.63. The van der Waals surface area contributed by atoms with Gasteiger partial charge in [-0.05, 0) is 12.8 Å². The molecular formula is C11H16N4O4. The summed E-state index contributed by atoms with van der Waals surface area (Å²) in [4.78, 5) is 28.7. The van der Waals surface area contributed by atoms with Crippen molar-refractivity contribution in [2.45, 2.75) is 26.7 Å². The van der Waals surface area contributed by atoms with E-state index in [1.54, 1.807) is 13.8 Å². The van der Waals surface area contributed by atoms with E-state index >= 15 is 0 Å². The molecule has 1 heterocycles. The highest BCUT2D eigenvalue weighted by Gasteiger charge is 2.34. The van der Waals surface area contributed by atoms with Gasteiger partial charge >= 0.3 is 11.7 Å². The van der Waals surface area contributed by atoms with E-state index in [2.05, 4.69) is 15.3 Å². The van der Waals surface area contributed by atoms with Gasteiger partial charge in [-0.15, -0.1) is 0 Å². The quantitative estimate of drug-likeness (QED) is 0.570. The predicted molar refractivity (Wildman–Crippen MR) is 67.8 cm³/mol. The molecule has 0 fully saturated rings. The van der Waals surface area contributed by atoms with Crippen LogP contribution >= 0.6 is 0 Å². The first-order valence-corrected chi connectivity index (χ1v) is 5.89. The number of aromatic nitrogens is 2. The summed E-state index contributed by atoms with van der Waals surface area (Å²) < 4.78 is 0. The van der Waals surface area contributed by atoms with Gasteiger partial charge in [0.05, 0.1) is 10.3 Å². The van der Waals surface area contributed by atoms with E-state index in [0.717, 1.165) is 12.4 Å². The van der Waals surface area contributed by atoms with Gasteiger partial charge < -0.3 is 10.4 Å². The van der Waals surface area contributed by atoms with E-state index in [4.69, 9.17) is 0 Å². The maximum atomic E-state index is 11.3. The van der Waals surface area contributed by atoms with E-state index in [-0.39, 0.29) is 18.2 Å². The van der Waals surface area contributed by atoms with Crippen molar-refractivity contribution >= 4 is 17.6 Å². The molecule has 0 aliphatic carbocycles. The van der Waals surface area contributed by atoms with Crippen LogP contribution < -0.4 is 5.32 Å². The van der Waals surface area contributed by atoms with Gasteiger partial charge in [0.1, 0.15) is 12.4 Å². The zero-order chi connectivity index (χ0) is 14.5.